The Bertz CT molecular complexity index is 1030. The van der Waals surface area contributed by atoms with Crippen LogP contribution in [0.4, 0.5) is 4.39 Å². The molecule has 2 heterocycles. The van der Waals surface area contributed by atoms with E-state index in [1.54, 1.807) is 12.1 Å². The fourth-order valence-electron chi connectivity index (χ4n) is 4.81. The third kappa shape index (κ3) is 3.05. The SMILES string of the molecule is Cc1ccc(-c2n[nH]c3c2C(c2ccc(F)cc2)N(C2CCCCC2)C3=O)cc1. The largest absolute Gasteiger partial charge is 0.323 e. The Balaban J connectivity index is 1.65. The van der Waals surface area contributed by atoms with Crippen LogP contribution in [0.25, 0.3) is 11.3 Å². The highest BCUT2D eigenvalue weighted by Crippen LogP contribution is 2.45. The summed E-state index contributed by atoms with van der Waals surface area (Å²) < 4.78 is 13.6. The molecule has 1 unspecified atom stereocenters. The maximum Gasteiger partial charge on any atom is 0.273 e. The highest BCUT2D eigenvalue weighted by atomic mass is 19.1. The molecular weight excluding hydrogens is 365 g/mol. The average Bonchev–Trinajstić information content (AvgIpc) is 3.29. The molecule has 1 fully saturated rings. The number of halogens is 1. The van der Waals surface area contributed by atoms with Gasteiger partial charge >= 0.3 is 0 Å². The van der Waals surface area contributed by atoms with E-state index in [1.165, 1.54) is 24.1 Å². The van der Waals surface area contributed by atoms with Crippen LogP contribution in [0.15, 0.2) is 48.5 Å². The molecular formula is C24H24FN3O. The highest BCUT2D eigenvalue weighted by molar-refractivity contribution is 6.00. The van der Waals surface area contributed by atoms with Crippen molar-refractivity contribution in [3.63, 3.8) is 0 Å². The molecule has 0 saturated heterocycles. The molecule has 0 bridgehead atoms. The van der Waals surface area contributed by atoms with Gasteiger partial charge in [-0.25, -0.2) is 4.39 Å². The van der Waals surface area contributed by atoms with Gasteiger partial charge in [-0.15, -0.1) is 0 Å². The lowest BCUT2D eigenvalue weighted by atomic mass is 9.91. The third-order valence-corrected chi connectivity index (χ3v) is 6.28. The monoisotopic (exact) mass is 389 g/mol. The first-order valence-corrected chi connectivity index (χ1v) is 10.4. The summed E-state index contributed by atoms with van der Waals surface area (Å²) in [7, 11) is 0. The fraction of sp³-hybridized carbons (Fsp3) is 0.333. The van der Waals surface area contributed by atoms with Crippen molar-refractivity contribution in [1.29, 1.82) is 0 Å². The van der Waals surface area contributed by atoms with Crippen LogP contribution in [0.3, 0.4) is 0 Å². The van der Waals surface area contributed by atoms with Gasteiger partial charge in [0, 0.05) is 17.2 Å². The Hall–Kier alpha value is -2.95. The number of aromatic amines is 1. The minimum atomic E-state index is -0.270. The summed E-state index contributed by atoms with van der Waals surface area (Å²) in [4.78, 5) is 15.4. The summed E-state index contributed by atoms with van der Waals surface area (Å²) in [6, 6.07) is 14.7. The van der Waals surface area contributed by atoms with Gasteiger partial charge in [-0.1, -0.05) is 61.2 Å². The van der Waals surface area contributed by atoms with Crippen LogP contribution in [0.2, 0.25) is 0 Å². The number of hydrogen-bond donors (Lipinski definition) is 1. The number of amides is 1. The molecule has 148 valence electrons. The van der Waals surface area contributed by atoms with Gasteiger partial charge in [0.15, 0.2) is 0 Å². The van der Waals surface area contributed by atoms with Gasteiger partial charge in [-0.3, -0.25) is 9.89 Å². The second kappa shape index (κ2) is 7.14. The molecule has 1 saturated carbocycles. The van der Waals surface area contributed by atoms with Crippen LogP contribution in [-0.2, 0) is 0 Å². The lowest BCUT2D eigenvalue weighted by molar-refractivity contribution is 0.0606. The number of aryl methyl sites for hydroxylation is 1. The summed E-state index contributed by atoms with van der Waals surface area (Å²) in [5, 5.41) is 7.53. The smallest absolute Gasteiger partial charge is 0.273 e. The van der Waals surface area contributed by atoms with E-state index in [9.17, 15) is 9.18 Å². The van der Waals surface area contributed by atoms with Gasteiger partial charge in [0.1, 0.15) is 11.5 Å². The number of aromatic nitrogens is 2. The van der Waals surface area contributed by atoms with Gasteiger partial charge in [0.2, 0.25) is 0 Å². The molecule has 0 spiro atoms. The average molecular weight is 389 g/mol. The second-order valence-electron chi connectivity index (χ2n) is 8.19. The summed E-state index contributed by atoms with van der Waals surface area (Å²) in [5.74, 6) is -0.263. The first-order chi connectivity index (χ1) is 14.1. The highest BCUT2D eigenvalue weighted by Gasteiger charge is 2.45. The minimum Gasteiger partial charge on any atom is -0.323 e. The number of H-pyrrole nitrogens is 1. The number of rotatable bonds is 3. The van der Waals surface area contributed by atoms with Crippen molar-refractivity contribution in [2.24, 2.45) is 0 Å². The van der Waals surface area contributed by atoms with Crippen molar-refractivity contribution in [3.8, 4) is 11.3 Å². The maximum atomic E-state index is 13.6. The zero-order valence-electron chi connectivity index (χ0n) is 16.5. The molecule has 1 aliphatic heterocycles. The molecule has 2 aromatic carbocycles. The van der Waals surface area contributed by atoms with E-state index in [1.807, 2.05) is 17.0 Å². The van der Waals surface area contributed by atoms with Crippen LogP contribution < -0.4 is 0 Å². The minimum absolute atomic E-state index is 0.00656. The molecule has 5 heteroatoms. The molecule has 0 radical (unpaired) electrons. The number of nitrogens with zero attached hydrogens (tertiary/aromatic N) is 2. The lowest BCUT2D eigenvalue weighted by Crippen LogP contribution is -2.40. The molecule has 1 amide bonds. The second-order valence-corrected chi connectivity index (χ2v) is 8.19. The Labute approximate surface area is 169 Å². The van der Waals surface area contributed by atoms with E-state index in [-0.39, 0.29) is 23.8 Å². The predicted octanol–water partition coefficient (Wildman–Crippen LogP) is 5.40. The van der Waals surface area contributed by atoms with Crippen LogP contribution in [-0.4, -0.2) is 27.0 Å². The van der Waals surface area contributed by atoms with E-state index < -0.39 is 0 Å². The zero-order chi connectivity index (χ0) is 20.0. The number of hydrogen-bond acceptors (Lipinski definition) is 2. The quantitative estimate of drug-likeness (QED) is 0.652. The molecule has 2 aliphatic rings. The van der Waals surface area contributed by atoms with Crippen LogP contribution >= 0.6 is 0 Å². The summed E-state index contributed by atoms with van der Waals surface area (Å²) in [6.45, 7) is 2.05. The van der Waals surface area contributed by atoms with Gasteiger partial charge in [0.05, 0.1) is 11.7 Å². The van der Waals surface area contributed by atoms with Gasteiger partial charge in [-0.2, -0.15) is 5.10 Å². The predicted molar refractivity (Wildman–Crippen MR) is 110 cm³/mol. The van der Waals surface area contributed by atoms with Crippen LogP contribution in [0.5, 0.6) is 0 Å². The molecule has 1 aliphatic carbocycles. The van der Waals surface area contributed by atoms with Crippen molar-refractivity contribution in [1.82, 2.24) is 15.1 Å². The lowest BCUT2D eigenvalue weighted by Gasteiger charge is -2.36. The molecule has 1 N–H and O–H groups in total. The van der Waals surface area contributed by atoms with E-state index in [0.717, 1.165) is 48.1 Å². The van der Waals surface area contributed by atoms with E-state index in [2.05, 4.69) is 29.3 Å². The van der Waals surface area contributed by atoms with Crippen molar-refractivity contribution < 1.29 is 9.18 Å². The maximum absolute atomic E-state index is 13.6. The molecule has 1 aromatic heterocycles. The fourth-order valence-corrected chi connectivity index (χ4v) is 4.81. The van der Waals surface area contributed by atoms with Crippen molar-refractivity contribution in [2.45, 2.75) is 51.1 Å². The number of fused-ring (bicyclic) bond motifs is 1. The van der Waals surface area contributed by atoms with E-state index in [4.69, 9.17) is 0 Å². The molecule has 3 aromatic rings. The van der Waals surface area contributed by atoms with Crippen molar-refractivity contribution >= 4 is 5.91 Å². The van der Waals surface area contributed by atoms with E-state index in [0.29, 0.717) is 5.69 Å². The number of benzene rings is 2. The normalized spacial score (nSPS) is 19.6. The Kier molecular flexibility index (Phi) is 4.46. The third-order valence-electron chi connectivity index (χ3n) is 6.28. The van der Waals surface area contributed by atoms with E-state index >= 15 is 0 Å². The summed E-state index contributed by atoms with van der Waals surface area (Å²) in [6.07, 6.45) is 5.53. The molecule has 4 nitrogen and oxygen atoms in total. The van der Waals surface area contributed by atoms with Crippen LogP contribution in [0.1, 0.15) is 65.3 Å². The molecule has 1 atom stereocenters. The molecule has 5 rings (SSSR count). The summed E-state index contributed by atoms with van der Waals surface area (Å²) >= 11 is 0. The van der Waals surface area contributed by atoms with Crippen molar-refractivity contribution in [3.05, 3.63) is 76.7 Å². The van der Waals surface area contributed by atoms with Gasteiger partial charge in [0.25, 0.3) is 5.91 Å². The molecule has 29 heavy (non-hydrogen) atoms. The van der Waals surface area contributed by atoms with Gasteiger partial charge < -0.3 is 4.90 Å². The number of carbonyl (C=O) groups excluding carboxylic acids is 1. The topological polar surface area (TPSA) is 49.0 Å². The first-order valence-electron chi connectivity index (χ1n) is 10.4. The Morgan fingerprint density at radius 3 is 2.38 bits per heavy atom. The van der Waals surface area contributed by atoms with Gasteiger partial charge in [-0.05, 0) is 37.5 Å². The van der Waals surface area contributed by atoms with Crippen LogP contribution in [0, 0.1) is 12.7 Å². The number of carbonyl (C=O) groups is 1. The Morgan fingerprint density at radius 1 is 1.00 bits per heavy atom. The first kappa shape index (κ1) is 18.1. The van der Waals surface area contributed by atoms with Crippen molar-refractivity contribution in [2.75, 3.05) is 0 Å². The number of nitrogens with one attached hydrogen (secondary N) is 1. The standard InChI is InChI=1S/C24H24FN3O/c1-15-7-9-16(10-8-15)21-20-22(27-26-21)24(29)28(19-5-3-2-4-6-19)23(20)17-11-13-18(25)14-12-17/h7-14,19,23H,2-6H2,1H3,(H,26,27). The zero-order valence-corrected chi connectivity index (χ0v) is 16.5. The summed E-state index contributed by atoms with van der Waals surface area (Å²) in [5.41, 5.74) is 5.38. The Morgan fingerprint density at radius 2 is 1.69 bits per heavy atom.